The molecule has 0 spiro atoms. The van der Waals surface area contributed by atoms with Crippen LogP contribution in [-0.2, 0) is 4.79 Å². The molecule has 1 aliphatic rings. The van der Waals surface area contributed by atoms with Crippen LogP contribution >= 0.6 is 11.5 Å². The van der Waals surface area contributed by atoms with Crippen molar-refractivity contribution in [2.45, 2.75) is 51.6 Å². The van der Waals surface area contributed by atoms with Crippen molar-refractivity contribution in [3.8, 4) is 0 Å². The highest BCUT2D eigenvalue weighted by molar-refractivity contribution is 7.09. The number of benzene rings is 1. The molecule has 3 aromatic rings. The van der Waals surface area contributed by atoms with Crippen LogP contribution in [0.4, 0.5) is 11.4 Å². The second-order valence-electron chi connectivity index (χ2n) is 8.49. The number of nitrogen functional groups attached to an aromatic ring is 1. The maximum atomic E-state index is 13.9. The summed E-state index contributed by atoms with van der Waals surface area (Å²) in [7, 11) is 0. The van der Waals surface area contributed by atoms with Gasteiger partial charge in [-0.15, -0.1) is 0 Å². The molecule has 3 amide bonds. The van der Waals surface area contributed by atoms with Crippen LogP contribution in [-0.4, -0.2) is 28.1 Å². The van der Waals surface area contributed by atoms with Crippen LogP contribution in [0.25, 0.3) is 0 Å². The highest BCUT2D eigenvalue weighted by Gasteiger charge is 2.38. The number of anilines is 2. The smallest absolute Gasteiger partial charge is 0.273 e. The Balaban J connectivity index is 1.83. The number of carbonyl (C=O) groups is 3. The van der Waals surface area contributed by atoms with Gasteiger partial charge in [0.1, 0.15) is 16.4 Å². The van der Waals surface area contributed by atoms with E-state index in [2.05, 4.69) is 9.69 Å². The first-order valence-electron chi connectivity index (χ1n) is 11.1. The van der Waals surface area contributed by atoms with Crippen molar-refractivity contribution in [2.75, 3.05) is 10.6 Å². The first-order valence-corrected chi connectivity index (χ1v) is 11.9. The van der Waals surface area contributed by atoms with Crippen molar-refractivity contribution < 1.29 is 18.8 Å². The molecular weight excluding hydrogens is 454 g/mol. The molecule has 5 N–H and O–H groups in total. The molecule has 0 radical (unpaired) electrons. The number of hydrogen-bond donors (Lipinski definition) is 3. The average Bonchev–Trinajstić information content (AvgIpc) is 3.53. The molecule has 1 aromatic carbocycles. The second-order valence-corrected chi connectivity index (χ2v) is 9.27. The van der Waals surface area contributed by atoms with Gasteiger partial charge in [-0.2, -0.15) is 4.37 Å². The van der Waals surface area contributed by atoms with Gasteiger partial charge in [0.2, 0.25) is 0 Å². The molecule has 178 valence electrons. The van der Waals surface area contributed by atoms with Gasteiger partial charge in [-0.25, -0.2) is 0 Å². The molecule has 1 aliphatic carbocycles. The standard InChI is InChI=1S/C24H27N5O4S/c1-13-6-5-9-16(12-13)29(24(32)21-18(25)19(22(26)30)28-34-21)20(17-11-10-14(2)33-17)23(31)27-15-7-3-4-8-15/h5-6,9-12,15,20H,3-4,7-8,25H2,1-2H3,(H2,26,30)(H,27,31)/t20-/m1/s1. The molecule has 10 heteroatoms. The third-order valence-electron chi connectivity index (χ3n) is 5.89. The predicted octanol–water partition coefficient (Wildman–Crippen LogP) is 3.48. The Kier molecular flexibility index (Phi) is 6.69. The lowest BCUT2D eigenvalue weighted by Gasteiger charge is -2.30. The van der Waals surface area contributed by atoms with E-state index in [0.29, 0.717) is 17.2 Å². The molecule has 34 heavy (non-hydrogen) atoms. The SMILES string of the molecule is Cc1cccc(N(C(=O)c2snc(C(N)=O)c2N)[C@@H](C(=O)NC2CCCC2)c2ccc(C)o2)c1. The summed E-state index contributed by atoms with van der Waals surface area (Å²) in [4.78, 5) is 40.6. The Hall–Kier alpha value is -3.66. The lowest BCUT2D eigenvalue weighted by molar-refractivity contribution is -0.123. The highest BCUT2D eigenvalue weighted by atomic mass is 32.1. The lowest BCUT2D eigenvalue weighted by atomic mass is 10.1. The van der Waals surface area contributed by atoms with E-state index in [-0.39, 0.29) is 28.2 Å². The van der Waals surface area contributed by atoms with E-state index in [1.54, 1.807) is 37.3 Å². The number of aromatic nitrogens is 1. The largest absolute Gasteiger partial charge is 0.464 e. The minimum Gasteiger partial charge on any atom is -0.464 e. The van der Waals surface area contributed by atoms with Gasteiger partial charge in [0, 0.05) is 11.7 Å². The molecular formula is C24H27N5O4S. The molecule has 0 saturated heterocycles. The topological polar surface area (TPSA) is 145 Å². The number of aryl methyl sites for hydroxylation is 2. The fraction of sp³-hybridized carbons (Fsp3) is 0.333. The van der Waals surface area contributed by atoms with Crippen molar-refractivity contribution in [1.82, 2.24) is 9.69 Å². The number of nitrogens with zero attached hydrogens (tertiary/aromatic N) is 2. The molecule has 0 unspecified atom stereocenters. The normalized spacial score (nSPS) is 14.6. The van der Waals surface area contributed by atoms with Gasteiger partial charge in [-0.1, -0.05) is 25.0 Å². The van der Waals surface area contributed by atoms with E-state index >= 15 is 0 Å². The van der Waals surface area contributed by atoms with E-state index < -0.39 is 17.9 Å². The monoisotopic (exact) mass is 481 g/mol. The fourth-order valence-electron chi connectivity index (χ4n) is 4.22. The van der Waals surface area contributed by atoms with E-state index in [0.717, 1.165) is 42.8 Å². The Morgan fingerprint density at radius 3 is 2.50 bits per heavy atom. The van der Waals surface area contributed by atoms with Crippen molar-refractivity contribution in [3.05, 3.63) is 64.1 Å². The van der Waals surface area contributed by atoms with Crippen molar-refractivity contribution in [3.63, 3.8) is 0 Å². The van der Waals surface area contributed by atoms with Crippen molar-refractivity contribution in [2.24, 2.45) is 5.73 Å². The quantitative estimate of drug-likeness (QED) is 0.471. The predicted molar refractivity (Wildman–Crippen MR) is 130 cm³/mol. The maximum absolute atomic E-state index is 13.9. The van der Waals surface area contributed by atoms with E-state index in [4.69, 9.17) is 15.9 Å². The molecule has 2 heterocycles. The lowest BCUT2D eigenvalue weighted by Crippen LogP contribution is -2.46. The van der Waals surface area contributed by atoms with Crippen LogP contribution < -0.4 is 21.7 Å². The van der Waals surface area contributed by atoms with Gasteiger partial charge in [0.25, 0.3) is 17.7 Å². The van der Waals surface area contributed by atoms with E-state index in [1.807, 2.05) is 13.0 Å². The first-order chi connectivity index (χ1) is 16.3. The number of amides is 3. The minimum atomic E-state index is -1.10. The van der Waals surface area contributed by atoms with Gasteiger partial charge >= 0.3 is 0 Å². The van der Waals surface area contributed by atoms with Crippen molar-refractivity contribution >= 4 is 40.6 Å². The molecule has 0 aliphatic heterocycles. The summed E-state index contributed by atoms with van der Waals surface area (Å²) in [5, 5.41) is 3.09. The number of carbonyl (C=O) groups excluding carboxylic acids is 3. The second kappa shape index (κ2) is 9.68. The summed E-state index contributed by atoms with van der Waals surface area (Å²) in [6.07, 6.45) is 3.86. The average molecular weight is 482 g/mol. The van der Waals surface area contributed by atoms with Gasteiger partial charge in [0.05, 0.1) is 5.69 Å². The Morgan fingerprint density at radius 2 is 1.91 bits per heavy atom. The third kappa shape index (κ3) is 4.67. The van der Waals surface area contributed by atoms with E-state index in [9.17, 15) is 14.4 Å². The zero-order valence-electron chi connectivity index (χ0n) is 19.0. The molecule has 2 aromatic heterocycles. The Bertz CT molecular complexity index is 1230. The van der Waals surface area contributed by atoms with Gasteiger partial charge in [-0.3, -0.25) is 19.3 Å². The van der Waals surface area contributed by atoms with Crippen molar-refractivity contribution in [1.29, 1.82) is 0 Å². The highest BCUT2D eigenvalue weighted by Crippen LogP contribution is 2.34. The van der Waals surface area contributed by atoms with Crippen LogP contribution in [0.3, 0.4) is 0 Å². The molecule has 9 nitrogen and oxygen atoms in total. The van der Waals surface area contributed by atoms with Crippen LogP contribution in [0.15, 0.2) is 40.8 Å². The van der Waals surface area contributed by atoms with Crippen LogP contribution in [0, 0.1) is 13.8 Å². The number of hydrogen-bond acceptors (Lipinski definition) is 7. The first kappa shape index (κ1) is 23.5. The molecule has 1 atom stereocenters. The van der Waals surface area contributed by atoms with Gasteiger partial charge in [0.15, 0.2) is 11.7 Å². The maximum Gasteiger partial charge on any atom is 0.273 e. The summed E-state index contributed by atoms with van der Waals surface area (Å²) in [6.45, 7) is 3.66. The van der Waals surface area contributed by atoms with Crippen LogP contribution in [0.2, 0.25) is 0 Å². The molecule has 4 rings (SSSR count). The summed E-state index contributed by atoms with van der Waals surface area (Å²) in [6, 6.07) is 9.61. The van der Waals surface area contributed by atoms with Gasteiger partial charge in [-0.05, 0) is 68.1 Å². The molecule has 1 fully saturated rings. The van der Waals surface area contributed by atoms with Crippen LogP contribution in [0.5, 0.6) is 0 Å². The molecule has 1 saturated carbocycles. The number of nitrogens with one attached hydrogen (secondary N) is 1. The number of rotatable bonds is 7. The summed E-state index contributed by atoms with van der Waals surface area (Å²) < 4.78 is 9.82. The number of nitrogens with two attached hydrogens (primary N) is 2. The van der Waals surface area contributed by atoms with Gasteiger partial charge < -0.3 is 21.2 Å². The fourth-order valence-corrected chi connectivity index (χ4v) is 4.97. The van der Waals surface area contributed by atoms with E-state index in [1.165, 1.54) is 4.90 Å². The summed E-state index contributed by atoms with van der Waals surface area (Å²) in [5.74, 6) is -0.824. The molecule has 0 bridgehead atoms. The minimum absolute atomic E-state index is 0.0252. The summed E-state index contributed by atoms with van der Waals surface area (Å²) >= 11 is 0.773. The third-order valence-corrected chi connectivity index (χ3v) is 6.74. The Labute approximate surface area is 201 Å². The summed E-state index contributed by atoms with van der Waals surface area (Å²) in [5.41, 5.74) is 12.5. The zero-order valence-corrected chi connectivity index (χ0v) is 19.9. The number of furan rings is 1. The Morgan fingerprint density at radius 1 is 1.18 bits per heavy atom. The van der Waals surface area contributed by atoms with Crippen LogP contribution in [0.1, 0.15) is 69.0 Å². The number of primary amides is 1. The zero-order chi connectivity index (χ0) is 24.4.